The molecule has 0 bridgehead atoms. The first-order chi connectivity index (χ1) is 16.6. The summed E-state index contributed by atoms with van der Waals surface area (Å²) in [5.41, 5.74) is 4.24. The SMILES string of the molecule is CN(Cc1ccnn1C)C(=O)[C@H]1CCc2c(sc3ncnc(Nc4ccc5[nH]ncc5c4)c23)C1. The number of aryl methyl sites for hydroxylation is 2. The number of aromatic amines is 1. The van der Waals surface area contributed by atoms with Crippen molar-refractivity contribution in [3.8, 4) is 0 Å². The predicted molar refractivity (Wildman–Crippen MR) is 132 cm³/mol. The number of thiophene rings is 1. The topological polar surface area (TPSA) is 105 Å². The van der Waals surface area contributed by atoms with E-state index in [0.29, 0.717) is 6.54 Å². The van der Waals surface area contributed by atoms with Crippen molar-refractivity contribution in [2.24, 2.45) is 13.0 Å². The number of H-pyrrole nitrogens is 1. The zero-order valence-electron chi connectivity index (χ0n) is 18.9. The van der Waals surface area contributed by atoms with Crippen molar-refractivity contribution in [2.75, 3.05) is 12.4 Å². The van der Waals surface area contributed by atoms with Crippen molar-refractivity contribution < 1.29 is 4.79 Å². The van der Waals surface area contributed by atoms with Crippen LogP contribution in [0, 0.1) is 5.92 Å². The van der Waals surface area contributed by atoms with Crippen LogP contribution >= 0.6 is 11.3 Å². The lowest BCUT2D eigenvalue weighted by atomic mass is 9.87. The minimum absolute atomic E-state index is 0.0216. The van der Waals surface area contributed by atoms with Crippen LogP contribution in [0.5, 0.6) is 0 Å². The van der Waals surface area contributed by atoms with E-state index in [2.05, 4.69) is 36.6 Å². The molecule has 5 aromatic rings. The number of benzene rings is 1. The number of amides is 1. The van der Waals surface area contributed by atoms with Gasteiger partial charge in [0.15, 0.2) is 0 Å². The average molecular weight is 473 g/mol. The molecule has 6 rings (SSSR count). The lowest BCUT2D eigenvalue weighted by molar-refractivity contribution is -0.135. The Morgan fingerprint density at radius 3 is 3.09 bits per heavy atom. The summed E-state index contributed by atoms with van der Waals surface area (Å²) in [6.07, 6.45) is 7.58. The quantitative estimate of drug-likeness (QED) is 0.403. The molecule has 4 aromatic heterocycles. The maximum atomic E-state index is 13.2. The molecule has 0 aliphatic heterocycles. The monoisotopic (exact) mass is 472 g/mol. The average Bonchev–Trinajstić information content (AvgIpc) is 3.56. The third-order valence-corrected chi connectivity index (χ3v) is 7.76. The van der Waals surface area contributed by atoms with Gasteiger partial charge in [-0.25, -0.2) is 9.97 Å². The van der Waals surface area contributed by atoms with Crippen molar-refractivity contribution in [3.05, 3.63) is 59.1 Å². The van der Waals surface area contributed by atoms with Gasteiger partial charge in [0.1, 0.15) is 17.0 Å². The van der Waals surface area contributed by atoms with Gasteiger partial charge in [-0.3, -0.25) is 14.6 Å². The molecule has 4 heterocycles. The highest BCUT2D eigenvalue weighted by Crippen LogP contribution is 2.41. The van der Waals surface area contributed by atoms with E-state index < -0.39 is 0 Å². The number of anilines is 2. The Kier molecular flexibility index (Phi) is 5.02. The molecule has 0 saturated heterocycles. The highest BCUT2D eigenvalue weighted by molar-refractivity contribution is 7.19. The fourth-order valence-electron chi connectivity index (χ4n) is 4.76. The molecule has 1 aliphatic carbocycles. The van der Waals surface area contributed by atoms with E-state index in [1.165, 1.54) is 10.4 Å². The van der Waals surface area contributed by atoms with Crippen LogP contribution in [0.15, 0.2) is 43.0 Å². The molecule has 2 N–H and O–H groups in total. The Labute approximate surface area is 199 Å². The maximum Gasteiger partial charge on any atom is 0.226 e. The van der Waals surface area contributed by atoms with Gasteiger partial charge in [0, 0.05) is 42.2 Å². The first kappa shape index (κ1) is 20.8. The van der Waals surface area contributed by atoms with Crippen molar-refractivity contribution in [1.29, 1.82) is 0 Å². The zero-order valence-corrected chi connectivity index (χ0v) is 19.8. The lowest BCUT2D eigenvalue weighted by Crippen LogP contribution is -2.35. The number of carbonyl (C=O) groups is 1. The number of fused-ring (bicyclic) bond motifs is 4. The number of hydrogen-bond acceptors (Lipinski definition) is 7. The van der Waals surface area contributed by atoms with Gasteiger partial charge in [-0.05, 0) is 49.1 Å². The molecule has 34 heavy (non-hydrogen) atoms. The Hall–Kier alpha value is -3.79. The number of nitrogens with zero attached hydrogens (tertiary/aromatic N) is 6. The van der Waals surface area contributed by atoms with Crippen LogP contribution in [0.2, 0.25) is 0 Å². The first-order valence-corrected chi connectivity index (χ1v) is 12.1. The second-order valence-electron chi connectivity index (χ2n) is 8.78. The fraction of sp³-hybridized carbons (Fsp3) is 0.292. The molecule has 1 aliphatic rings. The van der Waals surface area contributed by atoms with Crippen molar-refractivity contribution in [3.63, 3.8) is 0 Å². The summed E-state index contributed by atoms with van der Waals surface area (Å²) in [5.74, 6) is 0.970. The van der Waals surface area contributed by atoms with Crippen LogP contribution in [-0.4, -0.2) is 47.8 Å². The highest BCUT2D eigenvalue weighted by atomic mass is 32.1. The van der Waals surface area contributed by atoms with E-state index in [4.69, 9.17) is 0 Å². The van der Waals surface area contributed by atoms with E-state index in [1.807, 2.05) is 48.1 Å². The highest BCUT2D eigenvalue weighted by Gasteiger charge is 2.31. The van der Waals surface area contributed by atoms with Crippen molar-refractivity contribution in [1.82, 2.24) is 34.8 Å². The molecule has 1 atom stereocenters. The second-order valence-corrected chi connectivity index (χ2v) is 9.87. The Morgan fingerprint density at radius 2 is 2.24 bits per heavy atom. The third kappa shape index (κ3) is 3.60. The van der Waals surface area contributed by atoms with E-state index in [9.17, 15) is 4.79 Å². The molecule has 172 valence electrons. The minimum Gasteiger partial charge on any atom is -0.340 e. The lowest BCUT2D eigenvalue weighted by Gasteiger charge is -2.26. The van der Waals surface area contributed by atoms with E-state index in [0.717, 1.165) is 57.6 Å². The number of aromatic nitrogens is 6. The van der Waals surface area contributed by atoms with Gasteiger partial charge in [0.2, 0.25) is 5.91 Å². The summed E-state index contributed by atoms with van der Waals surface area (Å²) in [6, 6.07) is 8.02. The summed E-state index contributed by atoms with van der Waals surface area (Å²) < 4.78 is 1.81. The molecule has 9 nitrogen and oxygen atoms in total. The number of nitrogens with one attached hydrogen (secondary N) is 2. The number of hydrogen-bond donors (Lipinski definition) is 2. The van der Waals surface area contributed by atoms with Crippen LogP contribution in [0.3, 0.4) is 0 Å². The fourth-order valence-corrected chi connectivity index (χ4v) is 6.03. The summed E-state index contributed by atoms with van der Waals surface area (Å²) in [6.45, 7) is 0.561. The Balaban J connectivity index is 1.25. The minimum atomic E-state index is -0.0216. The molecule has 0 unspecified atom stereocenters. The van der Waals surface area contributed by atoms with E-state index in [1.54, 1.807) is 23.9 Å². The largest absolute Gasteiger partial charge is 0.340 e. The summed E-state index contributed by atoms with van der Waals surface area (Å²) in [7, 11) is 3.78. The molecule has 1 aromatic carbocycles. The van der Waals surface area contributed by atoms with Crippen LogP contribution in [0.1, 0.15) is 22.6 Å². The smallest absolute Gasteiger partial charge is 0.226 e. The summed E-state index contributed by atoms with van der Waals surface area (Å²) in [4.78, 5) is 26.3. The van der Waals surface area contributed by atoms with Gasteiger partial charge < -0.3 is 10.2 Å². The third-order valence-electron chi connectivity index (χ3n) is 6.60. The molecule has 0 fully saturated rings. The van der Waals surface area contributed by atoms with Gasteiger partial charge in [0.05, 0.1) is 29.3 Å². The normalized spacial score (nSPS) is 15.5. The standard InChI is InChI=1S/C24H24N8OS/c1-31(12-17-7-8-28-32(17)2)24(33)14-3-5-18-20(10-14)34-23-21(18)22(25-13-26-23)29-16-4-6-19-15(9-16)11-27-30-19/h4,6-9,11,13-14H,3,5,10,12H2,1-2H3,(H,27,30)(H,25,26,29)/t14-/m0/s1. The summed E-state index contributed by atoms with van der Waals surface area (Å²) >= 11 is 1.68. The second kappa shape index (κ2) is 8.21. The molecule has 1 amide bonds. The van der Waals surface area contributed by atoms with E-state index in [-0.39, 0.29) is 11.8 Å². The van der Waals surface area contributed by atoms with Gasteiger partial charge >= 0.3 is 0 Å². The molecule has 10 heteroatoms. The van der Waals surface area contributed by atoms with Crippen LogP contribution in [0.25, 0.3) is 21.1 Å². The van der Waals surface area contributed by atoms with Gasteiger partial charge in [-0.2, -0.15) is 10.2 Å². The predicted octanol–water partition coefficient (Wildman–Crippen LogP) is 3.81. The number of carbonyl (C=O) groups excluding carboxylic acids is 1. The van der Waals surface area contributed by atoms with Crippen molar-refractivity contribution in [2.45, 2.75) is 25.8 Å². The number of rotatable bonds is 5. The summed E-state index contributed by atoms with van der Waals surface area (Å²) in [5, 5.41) is 16.9. The molecular formula is C24H24N8OS. The van der Waals surface area contributed by atoms with Crippen molar-refractivity contribution >= 4 is 49.9 Å². The van der Waals surface area contributed by atoms with Crippen LogP contribution < -0.4 is 5.32 Å². The molecule has 0 saturated carbocycles. The Morgan fingerprint density at radius 1 is 1.32 bits per heavy atom. The van der Waals surface area contributed by atoms with Gasteiger partial charge in [-0.1, -0.05) is 0 Å². The van der Waals surface area contributed by atoms with Crippen LogP contribution in [0.4, 0.5) is 11.5 Å². The molecule has 0 radical (unpaired) electrons. The maximum absolute atomic E-state index is 13.2. The molecule has 0 spiro atoms. The molecular weight excluding hydrogens is 448 g/mol. The van der Waals surface area contributed by atoms with Gasteiger partial charge in [-0.15, -0.1) is 11.3 Å². The first-order valence-electron chi connectivity index (χ1n) is 11.2. The Bertz CT molecular complexity index is 1520. The zero-order chi connectivity index (χ0) is 23.2. The van der Waals surface area contributed by atoms with E-state index >= 15 is 0 Å². The van der Waals surface area contributed by atoms with Gasteiger partial charge in [0.25, 0.3) is 0 Å². The van der Waals surface area contributed by atoms with Crippen LogP contribution in [-0.2, 0) is 31.2 Å².